The van der Waals surface area contributed by atoms with E-state index in [2.05, 4.69) is 11.5 Å². The molecule has 0 aliphatic heterocycles. The number of hydrogen-bond acceptors (Lipinski definition) is 2. The van der Waals surface area contributed by atoms with Crippen LogP contribution in [0, 0.1) is 0 Å². The van der Waals surface area contributed by atoms with Gasteiger partial charge in [0.05, 0.1) is 12.0 Å². The monoisotopic (exact) mass is 147 g/mol. The van der Waals surface area contributed by atoms with Crippen LogP contribution in [-0.2, 0) is 4.79 Å². The number of quaternary nitrogens is 2. The molecule has 0 radical (unpaired) electrons. The van der Waals surface area contributed by atoms with Crippen molar-refractivity contribution in [2.24, 2.45) is 0 Å². The van der Waals surface area contributed by atoms with Gasteiger partial charge < -0.3 is 21.4 Å². The molecule has 0 heterocycles. The smallest absolute Gasteiger partial charge is 0.125 e. The Balaban J connectivity index is 3.40. The molecule has 6 N–H and O–H groups in total. The van der Waals surface area contributed by atoms with Crippen molar-refractivity contribution in [3.05, 3.63) is 0 Å². The van der Waals surface area contributed by atoms with E-state index in [1.54, 1.807) is 0 Å². The predicted octanol–water partition coefficient (Wildman–Crippen LogP) is -3.24. The lowest BCUT2D eigenvalue weighted by Crippen LogP contribution is -2.69. The lowest BCUT2D eigenvalue weighted by atomic mass is 10.1. The van der Waals surface area contributed by atoms with Gasteiger partial charge in [-0.25, -0.2) is 0 Å². The number of rotatable bonds is 4. The molecule has 0 aliphatic carbocycles. The third-order valence-electron chi connectivity index (χ3n) is 1.34. The molecule has 0 rings (SSSR count). The first-order valence-electron chi connectivity index (χ1n) is 3.41. The number of carbonyl (C=O) groups excluding carboxylic acids is 1. The summed E-state index contributed by atoms with van der Waals surface area (Å²) in [6.45, 7) is 1.95. The summed E-state index contributed by atoms with van der Waals surface area (Å²) in [7, 11) is 0. The summed E-state index contributed by atoms with van der Waals surface area (Å²) in [6.07, 6.45) is 1.36. The summed E-state index contributed by atoms with van der Waals surface area (Å²) < 4.78 is 0. The van der Waals surface area contributed by atoms with Gasteiger partial charge in [0.2, 0.25) is 0 Å². The van der Waals surface area contributed by atoms with E-state index < -0.39 is 12.0 Å². The molecule has 0 spiro atoms. The number of aliphatic carboxylic acids is 1. The lowest BCUT2D eigenvalue weighted by molar-refractivity contribution is -0.446. The van der Waals surface area contributed by atoms with Crippen molar-refractivity contribution in [3.8, 4) is 0 Å². The van der Waals surface area contributed by atoms with Gasteiger partial charge in [0.25, 0.3) is 0 Å². The minimum absolute atomic E-state index is 0.295. The SMILES string of the molecule is CC([NH3+])CCC([NH3+])C(=O)[O-]. The Kier molecular flexibility index (Phi) is 3.99. The first kappa shape index (κ1) is 9.39. The Morgan fingerprint density at radius 2 is 2.00 bits per heavy atom. The Hall–Kier alpha value is -0.610. The average Bonchev–Trinajstić information content (AvgIpc) is 1.82. The van der Waals surface area contributed by atoms with Crippen LogP contribution < -0.4 is 16.6 Å². The van der Waals surface area contributed by atoms with E-state index in [0.29, 0.717) is 12.5 Å². The maximum Gasteiger partial charge on any atom is 0.125 e. The van der Waals surface area contributed by atoms with Gasteiger partial charge in [0, 0.05) is 12.8 Å². The molecule has 0 bridgehead atoms. The van der Waals surface area contributed by atoms with E-state index >= 15 is 0 Å². The van der Waals surface area contributed by atoms with Crippen molar-refractivity contribution in [3.63, 3.8) is 0 Å². The van der Waals surface area contributed by atoms with E-state index in [4.69, 9.17) is 0 Å². The number of carbonyl (C=O) groups is 1. The van der Waals surface area contributed by atoms with Gasteiger partial charge in [-0.3, -0.25) is 0 Å². The Morgan fingerprint density at radius 3 is 2.30 bits per heavy atom. The summed E-state index contributed by atoms with van der Waals surface area (Å²) in [5.74, 6) is -1.07. The molecule has 0 saturated carbocycles. The van der Waals surface area contributed by atoms with Crippen LogP contribution in [0.5, 0.6) is 0 Å². The highest BCUT2D eigenvalue weighted by Crippen LogP contribution is 1.93. The zero-order valence-electron chi connectivity index (χ0n) is 6.30. The van der Waals surface area contributed by atoms with E-state index in [0.717, 1.165) is 6.42 Å². The van der Waals surface area contributed by atoms with Crippen molar-refractivity contribution in [1.82, 2.24) is 0 Å². The van der Waals surface area contributed by atoms with E-state index in [9.17, 15) is 9.90 Å². The van der Waals surface area contributed by atoms with Gasteiger partial charge in [-0.05, 0) is 6.92 Å². The predicted molar refractivity (Wildman–Crippen MR) is 33.3 cm³/mol. The minimum Gasteiger partial charge on any atom is -0.544 e. The maximum atomic E-state index is 10.1. The minimum atomic E-state index is -1.07. The summed E-state index contributed by atoms with van der Waals surface area (Å²) in [6, 6.07) is -0.284. The van der Waals surface area contributed by atoms with Gasteiger partial charge in [-0.1, -0.05) is 0 Å². The van der Waals surface area contributed by atoms with Crippen LogP contribution in [-0.4, -0.2) is 18.1 Å². The summed E-state index contributed by atoms with van der Waals surface area (Å²) in [5.41, 5.74) is 7.15. The fourth-order valence-electron chi connectivity index (χ4n) is 0.604. The van der Waals surface area contributed by atoms with Crippen LogP contribution in [0.3, 0.4) is 0 Å². The van der Waals surface area contributed by atoms with Crippen molar-refractivity contribution < 1.29 is 21.4 Å². The second-order valence-electron chi connectivity index (χ2n) is 2.70. The first-order valence-corrected chi connectivity index (χ1v) is 3.41. The van der Waals surface area contributed by atoms with Crippen LogP contribution in [0.25, 0.3) is 0 Å². The number of hydrogen-bond donors (Lipinski definition) is 2. The van der Waals surface area contributed by atoms with Gasteiger partial charge >= 0.3 is 0 Å². The third kappa shape index (κ3) is 4.29. The van der Waals surface area contributed by atoms with E-state index in [1.807, 2.05) is 6.92 Å². The highest BCUT2D eigenvalue weighted by molar-refractivity contribution is 5.68. The molecule has 4 heteroatoms. The highest BCUT2D eigenvalue weighted by Gasteiger charge is 2.08. The third-order valence-corrected chi connectivity index (χ3v) is 1.34. The largest absolute Gasteiger partial charge is 0.544 e. The molecule has 2 atom stereocenters. The molecular weight excluding hydrogens is 132 g/mol. The molecule has 0 aromatic heterocycles. The lowest BCUT2D eigenvalue weighted by Gasteiger charge is -2.08. The quantitative estimate of drug-likeness (QED) is 0.437. The van der Waals surface area contributed by atoms with Crippen LogP contribution >= 0.6 is 0 Å². The second kappa shape index (κ2) is 4.24. The van der Waals surface area contributed by atoms with Gasteiger partial charge in [0.1, 0.15) is 6.04 Å². The van der Waals surface area contributed by atoms with Gasteiger partial charge in [0.15, 0.2) is 0 Å². The van der Waals surface area contributed by atoms with Crippen molar-refractivity contribution >= 4 is 5.97 Å². The Morgan fingerprint density at radius 1 is 1.50 bits per heavy atom. The van der Waals surface area contributed by atoms with Crippen LogP contribution in [0.2, 0.25) is 0 Å². The topological polar surface area (TPSA) is 95.4 Å². The van der Waals surface area contributed by atoms with Crippen molar-refractivity contribution in [1.29, 1.82) is 0 Å². The molecule has 4 nitrogen and oxygen atoms in total. The molecule has 10 heavy (non-hydrogen) atoms. The molecule has 60 valence electrons. The molecule has 2 unspecified atom stereocenters. The van der Waals surface area contributed by atoms with Crippen molar-refractivity contribution in [2.45, 2.75) is 31.8 Å². The zero-order chi connectivity index (χ0) is 8.15. The fourth-order valence-corrected chi connectivity index (χ4v) is 0.604. The molecule has 0 saturated heterocycles. The second-order valence-corrected chi connectivity index (χ2v) is 2.70. The summed E-state index contributed by atoms with van der Waals surface area (Å²) in [5, 5.41) is 10.1. The Labute approximate surface area is 60.2 Å². The maximum absolute atomic E-state index is 10.1. The highest BCUT2D eigenvalue weighted by atomic mass is 16.4. The summed E-state index contributed by atoms with van der Waals surface area (Å²) >= 11 is 0. The molecule has 0 aromatic rings. The molecular formula is C6H15N2O2+. The Bertz CT molecular complexity index is 114. The van der Waals surface area contributed by atoms with E-state index in [-0.39, 0.29) is 0 Å². The molecule has 0 aliphatic rings. The molecule has 0 fully saturated rings. The standard InChI is InChI=1S/C6H14N2O2/c1-4(7)2-3-5(8)6(9)10/h4-5H,2-3,7-8H2,1H3,(H,9,10)/p+1. The van der Waals surface area contributed by atoms with E-state index in [1.165, 1.54) is 0 Å². The molecule has 0 amide bonds. The van der Waals surface area contributed by atoms with Crippen LogP contribution in [0.15, 0.2) is 0 Å². The fraction of sp³-hybridized carbons (Fsp3) is 0.833. The average molecular weight is 147 g/mol. The van der Waals surface area contributed by atoms with Gasteiger partial charge in [-0.15, -0.1) is 0 Å². The van der Waals surface area contributed by atoms with Crippen LogP contribution in [0.1, 0.15) is 19.8 Å². The first-order chi connectivity index (χ1) is 4.54. The molecule has 0 aromatic carbocycles. The van der Waals surface area contributed by atoms with Crippen molar-refractivity contribution in [2.75, 3.05) is 0 Å². The number of carboxylic acids is 1. The normalized spacial score (nSPS) is 16.3. The summed E-state index contributed by atoms with van der Waals surface area (Å²) in [4.78, 5) is 10.1. The number of carboxylic acid groups (broad SMARTS) is 1. The van der Waals surface area contributed by atoms with Crippen LogP contribution in [0.4, 0.5) is 0 Å². The zero-order valence-corrected chi connectivity index (χ0v) is 6.30. The van der Waals surface area contributed by atoms with Gasteiger partial charge in [-0.2, -0.15) is 0 Å².